The summed E-state index contributed by atoms with van der Waals surface area (Å²) in [4.78, 5) is 48.5. The number of rotatable bonds is 57. The molecule has 12 heteroatoms. The van der Waals surface area contributed by atoms with Crippen molar-refractivity contribution >= 4 is 25.7 Å². The van der Waals surface area contributed by atoms with Crippen molar-refractivity contribution in [2.45, 2.75) is 315 Å². The van der Waals surface area contributed by atoms with Crippen molar-refractivity contribution < 1.29 is 52.2 Å². The first kappa shape index (κ1) is 70.0. The van der Waals surface area contributed by atoms with Gasteiger partial charge >= 0.3 is 25.7 Å². The zero-order valence-electron chi connectivity index (χ0n) is 46.9. The maximum absolute atomic E-state index is 12.9. The number of esters is 3. The molecule has 0 amide bonds. The summed E-state index contributed by atoms with van der Waals surface area (Å²) in [6.45, 7) is 4.64. The molecular formula is C60H113O11P. The molecule has 3 unspecified atom stereocenters. The monoisotopic (exact) mass is 1040 g/mol. The van der Waals surface area contributed by atoms with E-state index in [9.17, 15) is 28.9 Å². The van der Waals surface area contributed by atoms with E-state index in [-0.39, 0.29) is 25.9 Å². The summed E-state index contributed by atoms with van der Waals surface area (Å²) in [6.07, 6.45) is 55.6. The lowest BCUT2D eigenvalue weighted by atomic mass is 10.0. The highest BCUT2D eigenvalue weighted by Gasteiger charge is 2.28. The lowest BCUT2D eigenvalue weighted by molar-refractivity contribution is -0.161. The van der Waals surface area contributed by atoms with Crippen LogP contribution in [0.25, 0.3) is 0 Å². The lowest BCUT2D eigenvalue weighted by Gasteiger charge is -2.21. The molecule has 72 heavy (non-hydrogen) atoms. The Balaban J connectivity index is 4.66. The number of carbonyl (C=O) groups is 3. The third-order valence-corrected chi connectivity index (χ3v) is 14.3. The van der Waals surface area contributed by atoms with Gasteiger partial charge < -0.3 is 24.2 Å². The van der Waals surface area contributed by atoms with Gasteiger partial charge in [0.2, 0.25) is 0 Å². The Hall–Kier alpha value is -2.04. The summed E-state index contributed by atoms with van der Waals surface area (Å²) in [6, 6.07) is 0. The highest BCUT2D eigenvalue weighted by atomic mass is 31.2. The Bertz CT molecular complexity index is 1310. The molecule has 424 valence electrons. The molecule has 0 aromatic rings. The molecule has 0 aromatic heterocycles. The molecule has 0 saturated carbocycles. The van der Waals surface area contributed by atoms with E-state index in [1.807, 2.05) is 0 Å². The third kappa shape index (κ3) is 52.8. The Kier molecular flexibility index (Phi) is 53.6. The average Bonchev–Trinajstić information content (AvgIpc) is 3.37. The van der Waals surface area contributed by atoms with Crippen LogP contribution in [0.2, 0.25) is 0 Å². The molecule has 0 aromatic carbocycles. The fourth-order valence-electron chi connectivity index (χ4n) is 8.69. The van der Waals surface area contributed by atoms with Crippen molar-refractivity contribution in [1.82, 2.24) is 0 Å². The summed E-state index contributed by atoms with van der Waals surface area (Å²) in [5, 5.41) is 9.79. The van der Waals surface area contributed by atoms with Crippen molar-refractivity contribution in [2.24, 2.45) is 0 Å². The van der Waals surface area contributed by atoms with Crippen LogP contribution >= 0.6 is 7.82 Å². The molecule has 0 heterocycles. The molecular weight excluding hydrogens is 928 g/mol. The van der Waals surface area contributed by atoms with Crippen molar-refractivity contribution in [2.75, 3.05) is 26.4 Å². The molecule has 0 bridgehead atoms. The quantitative estimate of drug-likeness (QED) is 0.0197. The zero-order chi connectivity index (χ0) is 52.7. The van der Waals surface area contributed by atoms with Crippen LogP contribution in [0.5, 0.6) is 0 Å². The molecule has 2 N–H and O–H groups in total. The number of allylic oxidation sites excluding steroid dienone is 4. The normalized spacial score (nSPS) is 13.5. The number of unbranched alkanes of at least 4 members (excludes halogenated alkanes) is 36. The molecule has 3 atom stereocenters. The molecule has 11 nitrogen and oxygen atoms in total. The number of carbonyl (C=O) groups excluding carboxylic acids is 3. The van der Waals surface area contributed by atoms with Crippen LogP contribution in [0, 0.1) is 0 Å². The standard InChI is InChI=1S/C60H113O11P/c1-4-7-10-13-16-19-22-24-26-27-28-29-31-32-35-37-40-43-46-49-58(62)67-53-57(71-60(64)51-48-45-42-39-36-33-30-25-23-20-17-14-11-8-5-2)55-69-72(65,66)68-54-56(52-61)70-59(63)50-47-44-41-38-34-21-18-15-12-9-6-3/h15,18,24,26,56-57,61H,4-14,16-17,19-23,25,27-55H2,1-3H3,(H,65,66)/b18-15-,26-24-. The highest BCUT2D eigenvalue weighted by Crippen LogP contribution is 2.43. The Morgan fingerprint density at radius 3 is 1.00 bits per heavy atom. The SMILES string of the molecule is CCCC/C=C\CCCCCCCC(=O)OC(CO)COP(=O)(O)OCC(COC(=O)CCCCCCCCCCC/C=C\CCCCCCCC)OC(=O)CCCCCCCCCCCCCCCCC. The maximum atomic E-state index is 12.9. The maximum Gasteiger partial charge on any atom is 0.472 e. The summed E-state index contributed by atoms with van der Waals surface area (Å²) in [5.74, 6) is -1.45. The number of phosphoric acid groups is 1. The van der Waals surface area contributed by atoms with Crippen LogP contribution in [0.3, 0.4) is 0 Å². The van der Waals surface area contributed by atoms with Gasteiger partial charge in [-0.3, -0.25) is 23.4 Å². The number of ether oxygens (including phenoxy) is 3. The Morgan fingerprint density at radius 1 is 0.375 bits per heavy atom. The minimum absolute atomic E-state index is 0.171. The zero-order valence-corrected chi connectivity index (χ0v) is 47.8. The molecule has 0 aliphatic heterocycles. The molecule has 0 saturated heterocycles. The topological polar surface area (TPSA) is 155 Å². The van der Waals surface area contributed by atoms with Crippen LogP contribution in [-0.2, 0) is 42.2 Å². The average molecular weight is 1040 g/mol. The number of aliphatic hydroxyl groups is 1. The van der Waals surface area contributed by atoms with E-state index in [1.54, 1.807) is 0 Å². The van der Waals surface area contributed by atoms with Gasteiger partial charge in [0, 0.05) is 19.3 Å². The summed E-state index contributed by atoms with van der Waals surface area (Å²) < 4.78 is 39.5. The number of hydrogen-bond acceptors (Lipinski definition) is 10. The fraction of sp³-hybridized carbons (Fsp3) is 0.883. The van der Waals surface area contributed by atoms with E-state index >= 15 is 0 Å². The van der Waals surface area contributed by atoms with Crippen LogP contribution in [-0.4, -0.2) is 66.5 Å². The molecule has 0 radical (unpaired) electrons. The smallest absolute Gasteiger partial charge is 0.462 e. The van der Waals surface area contributed by atoms with Gasteiger partial charge in [-0.1, -0.05) is 244 Å². The van der Waals surface area contributed by atoms with Crippen LogP contribution in [0.1, 0.15) is 303 Å². The second-order valence-corrected chi connectivity index (χ2v) is 22.0. The van der Waals surface area contributed by atoms with E-state index in [4.69, 9.17) is 23.3 Å². The largest absolute Gasteiger partial charge is 0.472 e. The fourth-order valence-corrected chi connectivity index (χ4v) is 9.47. The van der Waals surface area contributed by atoms with E-state index in [1.165, 1.54) is 167 Å². The molecule has 0 aliphatic carbocycles. The van der Waals surface area contributed by atoms with Crippen LogP contribution in [0.15, 0.2) is 24.3 Å². The van der Waals surface area contributed by atoms with Gasteiger partial charge in [0.25, 0.3) is 0 Å². The van der Waals surface area contributed by atoms with E-state index in [2.05, 4.69) is 45.1 Å². The predicted octanol–water partition coefficient (Wildman–Crippen LogP) is 17.8. The highest BCUT2D eigenvalue weighted by molar-refractivity contribution is 7.47. The first-order chi connectivity index (χ1) is 35.2. The van der Waals surface area contributed by atoms with E-state index in [0.717, 1.165) is 77.0 Å². The van der Waals surface area contributed by atoms with Crippen molar-refractivity contribution in [3.63, 3.8) is 0 Å². The van der Waals surface area contributed by atoms with Crippen molar-refractivity contribution in [1.29, 1.82) is 0 Å². The summed E-state index contributed by atoms with van der Waals surface area (Å²) >= 11 is 0. The van der Waals surface area contributed by atoms with Crippen LogP contribution in [0.4, 0.5) is 0 Å². The van der Waals surface area contributed by atoms with Gasteiger partial charge in [0.05, 0.1) is 19.8 Å². The summed E-state index contributed by atoms with van der Waals surface area (Å²) in [7, 11) is -4.74. The molecule has 0 spiro atoms. The lowest BCUT2D eigenvalue weighted by Crippen LogP contribution is -2.30. The van der Waals surface area contributed by atoms with Gasteiger partial charge in [-0.25, -0.2) is 4.57 Å². The number of aliphatic hydroxyl groups excluding tert-OH is 1. The Labute approximate surface area is 442 Å². The second kappa shape index (κ2) is 55.2. The van der Waals surface area contributed by atoms with Gasteiger partial charge in [0.15, 0.2) is 6.10 Å². The van der Waals surface area contributed by atoms with Crippen molar-refractivity contribution in [3.8, 4) is 0 Å². The van der Waals surface area contributed by atoms with Crippen molar-refractivity contribution in [3.05, 3.63) is 24.3 Å². The first-order valence-electron chi connectivity index (χ1n) is 30.2. The Morgan fingerprint density at radius 2 is 0.653 bits per heavy atom. The molecule has 0 aliphatic rings. The first-order valence-corrected chi connectivity index (χ1v) is 31.7. The number of phosphoric ester groups is 1. The van der Waals surface area contributed by atoms with E-state index < -0.39 is 57.8 Å². The van der Waals surface area contributed by atoms with Gasteiger partial charge in [-0.15, -0.1) is 0 Å². The van der Waals surface area contributed by atoms with Gasteiger partial charge in [-0.05, 0) is 64.2 Å². The second-order valence-electron chi connectivity index (χ2n) is 20.5. The minimum atomic E-state index is -4.74. The predicted molar refractivity (Wildman–Crippen MR) is 298 cm³/mol. The molecule has 0 fully saturated rings. The summed E-state index contributed by atoms with van der Waals surface area (Å²) in [5.41, 5.74) is 0. The third-order valence-electron chi connectivity index (χ3n) is 13.3. The van der Waals surface area contributed by atoms with Crippen LogP contribution < -0.4 is 0 Å². The number of hydrogen-bond donors (Lipinski definition) is 2. The minimum Gasteiger partial charge on any atom is -0.462 e. The molecule has 0 rings (SSSR count). The van der Waals surface area contributed by atoms with E-state index in [0.29, 0.717) is 19.3 Å². The van der Waals surface area contributed by atoms with Gasteiger partial charge in [-0.2, -0.15) is 0 Å². The van der Waals surface area contributed by atoms with Gasteiger partial charge in [0.1, 0.15) is 12.7 Å².